The minimum atomic E-state index is -0.102. The van der Waals surface area contributed by atoms with E-state index in [4.69, 9.17) is 14.0 Å². The molecule has 0 fully saturated rings. The summed E-state index contributed by atoms with van der Waals surface area (Å²) >= 11 is 0. The Balaban J connectivity index is 0.000000913. The van der Waals surface area contributed by atoms with Gasteiger partial charge in [-0.05, 0) is 41.7 Å². The summed E-state index contributed by atoms with van der Waals surface area (Å²) in [6, 6.07) is 24.3. The van der Waals surface area contributed by atoms with Crippen molar-refractivity contribution in [2.24, 2.45) is 0 Å². The second-order valence-electron chi connectivity index (χ2n) is 6.97. The summed E-state index contributed by atoms with van der Waals surface area (Å²) in [6.07, 6.45) is 3.67. The van der Waals surface area contributed by atoms with Crippen LogP contribution >= 0.6 is 0 Å². The number of ketones is 1. The highest BCUT2D eigenvalue weighted by molar-refractivity contribution is 5.92. The molecule has 2 aromatic heterocycles. The standard InChI is InChI=1S/C25H22N2O2.CO2/c1-2-21-9-6-10-22(27-21)24-17-26-25(29-24)23(28)16-13-18-11-14-20(15-12-18)19-7-4-3-5-8-19;2-1-3/h3-12,14-15,17H,2,13,16H2,1H3;. The number of oxazole rings is 1. The van der Waals surface area contributed by atoms with Gasteiger partial charge in [-0.3, -0.25) is 4.79 Å². The van der Waals surface area contributed by atoms with Gasteiger partial charge < -0.3 is 4.42 Å². The second kappa shape index (κ2) is 11.3. The molecule has 0 saturated carbocycles. The number of aromatic nitrogens is 2. The van der Waals surface area contributed by atoms with Crippen LogP contribution in [0.1, 0.15) is 35.3 Å². The molecule has 0 spiro atoms. The highest BCUT2D eigenvalue weighted by Gasteiger charge is 2.15. The van der Waals surface area contributed by atoms with Crippen molar-refractivity contribution in [2.45, 2.75) is 26.2 Å². The molecule has 4 aromatic rings. The van der Waals surface area contributed by atoms with Crippen molar-refractivity contribution < 1.29 is 18.8 Å². The van der Waals surface area contributed by atoms with Gasteiger partial charge >= 0.3 is 6.15 Å². The summed E-state index contributed by atoms with van der Waals surface area (Å²) in [5, 5.41) is 0. The molecule has 160 valence electrons. The van der Waals surface area contributed by atoms with E-state index in [2.05, 4.69) is 46.4 Å². The van der Waals surface area contributed by atoms with E-state index in [-0.39, 0.29) is 17.8 Å². The molecule has 4 rings (SSSR count). The number of hydrogen-bond donors (Lipinski definition) is 0. The van der Waals surface area contributed by atoms with Crippen LogP contribution in [-0.4, -0.2) is 21.9 Å². The van der Waals surface area contributed by atoms with Crippen molar-refractivity contribution in [3.8, 4) is 22.6 Å². The van der Waals surface area contributed by atoms with Gasteiger partial charge in [-0.25, -0.2) is 9.97 Å². The van der Waals surface area contributed by atoms with Crippen molar-refractivity contribution in [2.75, 3.05) is 0 Å². The molecule has 0 atom stereocenters. The average molecular weight is 426 g/mol. The lowest BCUT2D eigenvalue weighted by Gasteiger charge is -2.04. The first-order valence-electron chi connectivity index (χ1n) is 10.2. The van der Waals surface area contributed by atoms with Crippen LogP contribution in [0.15, 0.2) is 83.4 Å². The van der Waals surface area contributed by atoms with Crippen molar-refractivity contribution in [3.63, 3.8) is 0 Å². The topological polar surface area (TPSA) is 90.1 Å². The minimum absolute atomic E-state index is 0.102. The smallest absolute Gasteiger partial charge is 0.373 e. The van der Waals surface area contributed by atoms with Gasteiger partial charge in [0.1, 0.15) is 5.69 Å². The molecule has 0 radical (unpaired) electrons. The van der Waals surface area contributed by atoms with Crippen molar-refractivity contribution in [1.82, 2.24) is 9.97 Å². The van der Waals surface area contributed by atoms with Gasteiger partial charge in [0, 0.05) is 12.1 Å². The Morgan fingerprint density at radius 2 is 1.59 bits per heavy atom. The number of rotatable bonds is 7. The Morgan fingerprint density at radius 3 is 2.28 bits per heavy atom. The molecule has 0 N–H and O–H groups in total. The van der Waals surface area contributed by atoms with Gasteiger partial charge in [-0.2, -0.15) is 9.59 Å². The molecule has 0 aliphatic carbocycles. The first-order valence-corrected chi connectivity index (χ1v) is 10.2. The molecule has 0 unspecified atom stereocenters. The third-order valence-corrected chi connectivity index (χ3v) is 4.87. The van der Waals surface area contributed by atoms with E-state index >= 15 is 0 Å². The maximum atomic E-state index is 12.5. The van der Waals surface area contributed by atoms with E-state index in [1.54, 1.807) is 6.20 Å². The van der Waals surface area contributed by atoms with Gasteiger partial charge in [-0.15, -0.1) is 0 Å². The number of Topliss-reactive ketones (excluding diaryl/α,β-unsaturated/α-hetero) is 1. The molecule has 0 aliphatic rings. The fourth-order valence-corrected chi connectivity index (χ4v) is 3.19. The SMILES string of the molecule is CCc1cccc(-c2cnc(C(=O)CCc3ccc(-c4ccccc4)cc3)o2)n1.O=C=O. The van der Waals surface area contributed by atoms with Crippen LogP contribution in [-0.2, 0) is 22.4 Å². The van der Waals surface area contributed by atoms with Gasteiger partial charge in [-0.1, -0.05) is 67.6 Å². The number of nitrogens with zero attached hydrogens (tertiary/aromatic N) is 2. The zero-order valence-electron chi connectivity index (χ0n) is 17.7. The summed E-state index contributed by atoms with van der Waals surface area (Å²) in [6.45, 7) is 2.05. The number of carbonyl (C=O) groups excluding carboxylic acids is 3. The quantitative estimate of drug-likeness (QED) is 0.377. The van der Waals surface area contributed by atoms with Gasteiger partial charge in [0.2, 0.25) is 5.78 Å². The maximum Gasteiger partial charge on any atom is 0.373 e. The highest BCUT2D eigenvalue weighted by Crippen LogP contribution is 2.21. The Labute approximate surface area is 186 Å². The molecular weight excluding hydrogens is 404 g/mol. The largest absolute Gasteiger partial charge is 0.432 e. The van der Waals surface area contributed by atoms with Crippen LogP contribution in [0.5, 0.6) is 0 Å². The average Bonchev–Trinajstić information content (AvgIpc) is 3.35. The number of carbonyl (C=O) groups is 1. The maximum absolute atomic E-state index is 12.5. The molecule has 0 bridgehead atoms. The van der Waals surface area contributed by atoms with Crippen LogP contribution < -0.4 is 0 Å². The van der Waals surface area contributed by atoms with Crippen molar-refractivity contribution in [3.05, 3.63) is 96.1 Å². The Kier molecular flexibility index (Phi) is 7.96. The van der Waals surface area contributed by atoms with E-state index in [0.717, 1.165) is 17.7 Å². The zero-order chi connectivity index (χ0) is 22.8. The molecule has 0 aliphatic heterocycles. The van der Waals surface area contributed by atoms with E-state index in [1.165, 1.54) is 11.1 Å². The van der Waals surface area contributed by atoms with E-state index < -0.39 is 0 Å². The molecule has 6 heteroatoms. The fourth-order valence-electron chi connectivity index (χ4n) is 3.19. The van der Waals surface area contributed by atoms with Crippen LogP contribution in [0.3, 0.4) is 0 Å². The fraction of sp³-hybridized carbons (Fsp3) is 0.154. The van der Waals surface area contributed by atoms with E-state index in [1.807, 2.05) is 43.3 Å². The van der Waals surface area contributed by atoms with Gasteiger partial charge in [0.15, 0.2) is 5.76 Å². The van der Waals surface area contributed by atoms with E-state index in [9.17, 15) is 4.79 Å². The molecule has 2 aromatic carbocycles. The Morgan fingerprint density at radius 1 is 0.906 bits per heavy atom. The summed E-state index contributed by atoms with van der Waals surface area (Å²) in [4.78, 5) is 37.4. The lowest BCUT2D eigenvalue weighted by Crippen LogP contribution is -2.01. The molecule has 0 saturated heterocycles. The Hall–Kier alpha value is -4.15. The minimum Gasteiger partial charge on any atom is -0.432 e. The molecule has 2 heterocycles. The zero-order valence-corrected chi connectivity index (χ0v) is 17.7. The number of pyridine rings is 1. The van der Waals surface area contributed by atoms with Gasteiger partial charge in [0.05, 0.1) is 6.20 Å². The van der Waals surface area contributed by atoms with Crippen LogP contribution in [0.4, 0.5) is 0 Å². The molecular formula is C26H22N2O4. The normalized spacial score (nSPS) is 10.0. The lowest BCUT2D eigenvalue weighted by atomic mass is 10.0. The van der Waals surface area contributed by atoms with Crippen LogP contribution in [0.2, 0.25) is 0 Å². The first-order chi connectivity index (χ1) is 15.6. The van der Waals surface area contributed by atoms with Crippen molar-refractivity contribution in [1.29, 1.82) is 0 Å². The predicted molar refractivity (Wildman–Crippen MR) is 119 cm³/mol. The summed E-state index contributed by atoms with van der Waals surface area (Å²) in [7, 11) is 0. The first kappa shape index (κ1) is 22.5. The second-order valence-corrected chi connectivity index (χ2v) is 6.97. The molecule has 0 amide bonds. The Bertz CT molecular complexity index is 1190. The predicted octanol–water partition coefficient (Wildman–Crippen LogP) is 5.20. The summed E-state index contributed by atoms with van der Waals surface area (Å²) in [5.74, 6) is 0.565. The lowest BCUT2D eigenvalue weighted by molar-refractivity contribution is -0.191. The molecule has 32 heavy (non-hydrogen) atoms. The molecule has 6 nitrogen and oxygen atoms in total. The van der Waals surface area contributed by atoms with Crippen molar-refractivity contribution >= 4 is 11.9 Å². The number of aryl methyl sites for hydroxylation is 2. The van der Waals surface area contributed by atoms with E-state index in [0.29, 0.717) is 24.3 Å². The van der Waals surface area contributed by atoms with Crippen LogP contribution in [0, 0.1) is 0 Å². The van der Waals surface area contributed by atoms with Gasteiger partial charge in [0.25, 0.3) is 5.89 Å². The summed E-state index contributed by atoms with van der Waals surface area (Å²) < 4.78 is 5.67. The highest BCUT2D eigenvalue weighted by atomic mass is 16.4. The third-order valence-electron chi connectivity index (χ3n) is 4.87. The monoisotopic (exact) mass is 426 g/mol. The van der Waals surface area contributed by atoms with Crippen LogP contribution in [0.25, 0.3) is 22.6 Å². The summed E-state index contributed by atoms with van der Waals surface area (Å²) in [5.41, 5.74) is 5.14. The number of hydrogen-bond acceptors (Lipinski definition) is 6. The third kappa shape index (κ3) is 5.94. The number of benzene rings is 2.